The minimum atomic E-state index is -0.281. The van der Waals surface area contributed by atoms with Gasteiger partial charge in [-0.15, -0.1) is 0 Å². The molecule has 0 aliphatic heterocycles. The van der Waals surface area contributed by atoms with Crippen LogP contribution in [-0.2, 0) is 0 Å². The van der Waals surface area contributed by atoms with Gasteiger partial charge in [-0.3, -0.25) is 4.79 Å². The van der Waals surface area contributed by atoms with E-state index in [-0.39, 0.29) is 5.91 Å². The normalized spacial score (nSPS) is 9.95. The molecule has 0 bridgehead atoms. The largest absolute Gasteiger partial charge is 0.376 e. The van der Waals surface area contributed by atoms with E-state index < -0.39 is 0 Å². The maximum atomic E-state index is 12.2. The summed E-state index contributed by atoms with van der Waals surface area (Å²) in [6.07, 6.45) is 0. The van der Waals surface area contributed by atoms with Crippen molar-refractivity contribution in [1.29, 1.82) is 0 Å². The summed E-state index contributed by atoms with van der Waals surface area (Å²) < 4.78 is 0. The second kappa shape index (κ2) is 6.03. The monoisotopic (exact) mass is 271 g/mol. The SMILES string of the molecule is CN(C)c1ccccc1NC(=O)c1cccc(NN)n1. The van der Waals surface area contributed by atoms with Crippen molar-refractivity contribution in [3.8, 4) is 0 Å². The second-order valence-corrected chi connectivity index (χ2v) is 4.42. The van der Waals surface area contributed by atoms with E-state index in [0.29, 0.717) is 11.5 Å². The smallest absolute Gasteiger partial charge is 0.274 e. The molecule has 0 fully saturated rings. The number of nitrogens with two attached hydrogens (primary N) is 1. The summed E-state index contributed by atoms with van der Waals surface area (Å²) in [5.74, 6) is 5.45. The fraction of sp³-hybridized carbons (Fsp3) is 0.143. The van der Waals surface area contributed by atoms with E-state index in [4.69, 9.17) is 5.84 Å². The van der Waals surface area contributed by atoms with Gasteiger partial charge in [-0.1, -0.05) is 18.2 Å². The van der Waals surface area contributed by atoms with Crippen molar-refractivity contribution in [2.45, 2.75) is 0 Å². The Balaban J connectivity index is 2.23. The number of nitrogens with one attached hydrogen (secondary N) is 2. The number of nitrogen functional groups attached to an aromatic ring is 1. The highest BCUT2D eigenvalue weighted by atomic mass is 16.1. The fourth-order valence-corrected chi connectivity index (χ4v) is 1.80. The average molecular weight is 271 g/mol. The van der Waals surface area contributed by atoms with Crippen molar-refractivity contribution in [2.24, 2.45) is 5.84 Å². The van der Waals surface area contributed by atoms with Gasteiger partial charge in [-0.05, 0) is 24.3 Å². The summed E-state index contributed by atoms with van der Waals surface area (Å²) in [4.78, 5) is 18.2. The Kier molecular flexibility index (Phi) is 4.17. The number of carbonyl (C=O) groups excluding carboxylic acids is 1. The van der Waals surface area contributed by atoms with Crippen LogP contribution in [-0.4, -0.2) is 25.0 Å². The summed E-state index contributed by atoms with van der Waals surface area (Å²) in [5.41, 5.74) is 4.37. The fourth-order valence-electron chi connectivity index (χ4n) is 1.80. The first-order chi connectivity index (χ1) is 9.61. The van der Waals surface area contributed by atoms with E-state index in [2.05, 4.69) is 15.7 Å². The number of aromatic nitrogens is 1. The molecular formula is C14H17N5O. The number of rotatable bonds is 4. The zero-order chi connectivity index (χ0) is 14.5. The molecule has 1 aromatic carbocycles. The van der Waals surface area contributed by atoms with Gasteiger partial charge in [0.1, 0.15) is 11.5 Å². The Labute approximate surface area is 117 Å². The van der Waals surface area contributed by atoms with Crippen molar-refractivity contribution in [3.63, 3.8) is 0 Å². The minimum Gasteiger partial charge on any atom is -0.376 e. The van der Waals surface area contributed by atoms with Crippen molar-refractivity contribution in [3.05, 3.63) is 48.2 Å². The van der Waals surface area contributed by atoms with E-state index in [1.807, 2.05) is 43.3 Å². The standard InChI is InChI=1S/C14H17N5O/c1-19(2)12-8-4-3-6-10(12)17-14(20)11-7-5-9-13(16-11)18-15/h3-9H,15H2,1-2H3,(H,16,18)(H,17,20). The molecule has 0 unspecified atom stereocenters. The Morgan fingerprint density at radius 2 is 1.90 bits per heavy atom. The molecule has 1 aromatic heterocycles. The minimum absolute atomic E-state index is 0.281. The van der Waals surface area contributed by atoms with Crippen molar-refractivity contribution >= 4 is 23.1 Å². The number of para-hydroxylation sites is 2. The molecule has 2 aromatic rings. The lowest BCUT2D eigenvalue weighted by Crippen LogP contribution is -2.18. The first-order valence-electron chi connectivity index (χ1n) is 6.13. The maximum Gasteiger partial charge on any atom is 0.274 e. The lowest BCUT2D eigenvalue weighted by Gasteiger charge is -2.17. The number of nitrogens with zero attached hydrogens (tertiary/aromatic N) is 2. The van der Waals surface area contributed by atoms with Gasteiger partial charge in [-0.25, -0.2) is 10.8 Å². The molecule has 1 amide bonds. The molecule has 104 valence electrons. The molecular weight excluding hydrogens is 254 g/mol. The third-order valence-corrected chi connectivity index (χ3v) is 2.76. The molecule has 20 heavy (non-hydrogen) atoms. The quantitative estimate of drug-likeness (QED) is 0.582. The van der Waals surface area contributed by atoms with E-state index in [1.54, 1.807) is 18.2 Å². The van der Waals surface area contributed by atoms with Gasteiger partial charge in [0.15, 0.2) is 0 Å². The molecule has 0 radical (unpaired) electrons. The van der Waals surface area contributed by atoms with Crippen LogP contribution < -0.4 is 21.5 Å². The molecule has 1 heterocycles. The van der Waals surface area contributed by atoms with Crippen molar-refractivity contribution in [2.75, 3.05) is 29.7 Å². The number of pyridine rings is 1. The molecule has 4 N–H and O–H groups in total. The second-order valence-electron chi connectivity index (χ2n) is 4.42. The van der Waals surface area contributed by atoms with Crippen LogP contribution in [0.3, 0.4) is 0 Å². The number of hydrogen-bond acceptors (Lipinski definition) is 5. The molecule has 0 saturated carbocycles. The van der Waals surface area contributed by atoms with Crippen LogP contribution >= 0.6 is 0 Å². The highest BCUT2D eigenvalue weighted by Gasteiger charge is 2.11. The lowest BCUT2D eigenvalue weighted by molar-refractivity contribution is 0.102. The van der Waals surface area contributed by atoms with Crippen LogP contribution in [0.2, 0.25) is 0 Å². The number of carbonyl (C=O) groups is 1. The molecule has 0 atom stereocenters. The molecule has 0 saturated heterocycles. The van der Waals surface area contributed by atoms with E-state index in [9.17, 15) is 4.79 Å². The van der Waals surface area contributed by atoms with Gasteiger partial charge in [0.05, 0.1) is 11.4 Å². The highest BCUT2D eigenvalue weighted by molar-refractivity contribution is 6.04. The van der Waals surface area contributed by atoms with E-state index in [1.165, 1.54) is 0 Å². The summed E-state index contributed by atoms with van der Waals surface area (Å²) in [6.45, 7) is 0. The summed E-state index contributed by atoms with van der Waals surface area (Å²) >= 11 is 0. The van der Waals surface area contributed by atoms with Gasteiger partial charge in [-0.2, -0.15) is 0 Å². The van der Waals surface area contributed by atoms with Crippen molar-refractivity contribution < 1.29 is 4.79 Å². The van der Waals surface area contributed by atoms with Gasteiger partial charge in [0, 0.05) is 14.1 Å². The molecule has 6 heteroatoms. The van der Waals surface area contributed by atoms with Crippen LogP contribution in [0, 0.1) is 0 Å². The average Bonchev–Trinajstić information content (AvgIpc) is 2.47. The summed E-state index contributed by atoms with van der Waals surface area (Å²) in [6, 6.07) is 12.6. The molecule has 6 nitrogen and oxygen atoms in total. The van der Waals surface area contributed by atoms with E-state index in [0.717, 1.165) is 11.4 Å². The number of amides is 1. The Morgan fingerprint density at radius 1 is 1.15 bits per heavy atom. The number of benzene rings is 1. The first-order valence-corrected chi connectivity index (χ1v) is 6.13. The zero-order valence-corrected chi connectivity index (χ0v) is 11.4. The third-order valence-electron chi connectivity index (χ3n) is 2.76. The maximum absolute atomic E-state index is 12.2. The first kappa shape index (κ1) is 13.8. The third kappa shape index (κ3) is 3.04. The van der Waals surface area contributed by atoms with Gasteiger partial charge >= 0.3 is 0 Å². The predicted molar refractivity (Wildman–Crippen MR) is 80.8 cm³/mol. The number of hydrazine groups is 1. The van der Waals surface area contributed by atoms with Crippen LogP contribution in [0.25, 0.3) is 0 Å². The van der Waals surface area contributed by atoms with Crippen LogP contribution in [0.1, 0.15) is 10.5 Å². The molecule has 0 aliphatic rings. The Bertz CT molecular complexity index is 612. The van der Waals surface area contributed by atoms with Crippen LogP contribution in [0.4, 0.5) is 17.2 Å². The summed E-state index contributed by atoms with van der Waals surface area (Å²) in [5, 5.41) is 2.85. The molecule has 2 rings (SSSR count). The Hall–Kier alpha value is -2.60. The zero-order valence-electron chi connectivity index (χ0n) is 11.4. The lowest BCUT2D eigenvalue weighted by atomic mass is 10.2. The predicted octanol–water partition coefficient (Wildman–Crippen LogP) is 1.69. The Morgan fingerprint density at radius 3 is 2.60 bits per heavy atom. The van der Waals surface area contributed by atoms with Gasteiger partial charge in [0.2, 0.25) is 0 Å². The van der Waals surface area contributed by atoms with Gasteiger partial charge in [0.25, 0.3) is 5.91 Å². The number of hydrogen-bond donors (Lipinski definition) is 3. The highest BCUT2D eigenvalue weighted by Crippen LogP contribution is 2.23. The molecule has 0 spiro atoms. The van der Waals surface area contributed by atoms with E-state index >= 15 is 0 Å². The van der Waals surface area contributed by atoms with Gasteiger partial charge < -0.3 is 15.6 Å². The number of anilines is 3. The van der Waals surface area contributed by atoms with Crippen LogP contribution in [0.5, 0.6) is 0 Å². The van der Waals surface area contributed by atoms with Crippen molar-refractivity contribution in [1.82, 2.24) is 4.98 Å². The topological polar surface area (TPSA) is 83.3 Å². The summed E-state index contributed by atoms with van der Waals surface area (Å²) in [7, 11) is 3.84. The molecule has 0 aliphatic carbocycles. The van der Waals surface area contributed by atoms with Crippen LogP contribution in [0.15, 0.2) is 42.5 Å².